The zero-order chi connectivity index (χ0) is 16.8. The highest BCUT2D eigenvalue weighted by atomic mass is 16.4. The van der Waals surface area contributed by atoms with Crippen molar-refractivity contribution in [3.05, 3.63) is 53.7 Å². The van der Waals surface area contributed by atoms with Crippen LogP contribution in [0.1, 0.15) is 20.7 Å². The molecule has 0 atom stereocenters. The summed E-state index contributed by atoms with van der Waals surface area (Å²) in [5, 5.41) is 13.4. The van der Waals surface area contributed by atoms with E-state index < -0.39 is 24.3 Å². The van der Waals surface area contributed by atoms with Crippen LogP contribution in [0.3, 0.4) is 0 Å². The van der Waals surface area contributed by atoms with Gasteiger partial charge in [-0.3, -0.25) is 14.4 Å². The van der Waals surface area contributed by atoms with E-state index in [2.05, 4.69) is 15.6 Å². The predicted molar refractivity (Wildman–Crippen MR) is 83.0 cm³/mol. The topological polar surface area (TPSA) is 134 Å². The lowest BCUT2D eigenvalue weighted by molar-refractivity contribution is -0.135. The number of carbonyl (C=O) groups excluding carboxylic acids is 2. The van der Waals surface area contributed by atoms with Gasteiger partial charge in [0, 0.05) is 17.4 Å². The smallest absolute Gasteiger partial charge is 0.322 e. The van der Waals surface area contributed by atoms with Crippen molar-refractivity contribution >= 4 is 29.3 Å². The number of amides is 2. The third-order valence-electron chi connectivity index (χ3n) is 2.89. The number of nitrogens with zero attached hydrogens (tertiary/aromatic N) is 1. The number of nitrogens with one attached hydrogen (secondary N) is 2. The maximum Gasteiger partial charge on any atom is 0.322 e. The maximum atomic E-state index is 12.1. The van der Waals surface area contributed by atoms with Gasteiger partial charge < -0.3 is 21.5 Å². The van der Waals surface area contributed by atoms with E-state index in [9.17, 15) is 14.4 Å². The Morgan fingerprint density at radius 1 is 1.09 bits per heavy atom. The average Bonchev–Trinajstić information content (AvgIpc) is 2.53. The van der Waals surface area contributed by atoms with E-state index in [0.29, 0.717) is 5.69 Å². The molecule has 0 aliphatic carbocycles. The van der Waals surface area contributed by atoms with Crippen LogP contribution in [-0.2, 0) is 4.79 Å². The molecule has 0 saturated heterocycles. The summed E-state index contributed by atoms with van der Waals surface area (Å²) in [6.45, 7) is -0.461. The summed E-state index contributed by atoms with van der Waals surface area (Å²) < 4.78 is 0. The van der Waals surface area contributed by atoms with Crippen molar-refractivity contribution in [2.75, 3.05) is 17.6 Å². The van der Waals surface area contributed by atoms with E-state index in [4.69, 9.17) is 10.8 Å². The van der Waals surface area contributed by atoms with Crippen molar-refractivity contribution < 1.29 is 19.5 Å². The summed E-state index contributed by atoms with van der Waals surface area (Å²) in [4.78, 5) is 37.9. The Morgan fingerprint density at radius 2 is 1.78 bits per heavy atom. The lowest BCUT2D eigenvalue weighted by atomic mass is 10.2. The van der Waals surface area contributed by atoms with Crippen LogP contribution in [0, 0.1) is 0 Å². The quantitative estimate of drug-likeness (QED) is 0.642. The van der Waals surface area contributed by atoms with Crippen LogP contribution in [0.5, 0.6) is 0 Å². The van der Waals surface area contributed by atoms with Gasteiger partial charge in [-0.1, -0.05) is 0 Å². The number of carbonyl (C=O) groups is 3. The number of rotatable bonds is 5. The molecule has 5 N–H and O–H groups in total. The Hall–Kier alpha value is -3.42. The molecule has 0 spiro atoms. The molecule has 0 aliphatic rings. The number of hydrogen-bond donors (Lipinski definition) is 4. The number of aromatic nitrogens is 1. The van der Waals surface area contributed by atoms with Crippen molar-refractivity contribution in [2.24, 2.45) is 0 Å². The van der Waals surface area contributed by atoms with Crippen LogP contribution in [0.25, 0.3) is 0 Å². The Labute approximate surface area is 131 Å². The van der Waals surface area contributed by atoms with Gasteiger partial charge in [0.15, 0.2) is 0 Å². The first kappa shape index (κ1) is 16.0. The molecule has 0 saturated carbocycles. The zero-order valence-corrected chi connectivity index (χ0v) is 11.9. The van der Waals surface area contributed by atoms with Gasteiger partial charge in [-0.25, -0.2) is 4.98 Å². The van der Waals surface area contributed by atoms with Crippen LogP contribution >= 0.6 is 0 Å². The van der Waals surface area contributed by atoms with Crippen molar-refractivity contribution in [1.29, 1.82) is 0 Å². The van der Waals surface area contributed by atoms with Gasteiger partial charge in [0.2, 0.25) is 0 Å². The monoisotopic (exact) mass is 314 g/mol. The first-order valence-electron chi connectivity index (χ1n) is 6.59. The largest absolute Gasteiger partial charge is 0.480 e. The fraction of sp³-hybridized carbons (Fsp3) is 0.0667. The highest BCUT2D eigenvalue weighted by Crippen LogP contribution is 2.13. The summed E-state index contributed by atoms with van der Waals surface area (Å²) in [6, 6.07) is 9.14. The molecule has 118 valence electrons. The molecule has 0 bridgehead atoms. The molecule has 0 aliphatic heterocycles. The lowest BCUT2D eigenvalue weighted by Gasteiger charge is -2.08. The molecule has 1 aromatic heterocycles. The van der Waals surface area contributed by atoms with E-state index in [-0.39, 0.29) is 16.9 Å². The molecule has 1 aromatic carbocycles. The van der Waals surface area contributed by atoms with Crippen molar-refractivity contribution in [2.45, 2.75) is 0 Å². The van der Waals surface area contributed by atoms with Crippen LogP contribution in [0.15, 0.2) is 42.6 Å². The molecule has 0 radical (unpaired) electrons. The molecule has 2 rings (SSSR count). The van der Waals surface area contributed by atoms with Gasteiger partial charge in [-0.05, 0) is 36.4 Å². The van der Waals surface area contributed by atoms with Crippen molar-refractivity contribution in [3.8, 4) is 0 Å². The Bertz CT molecular complexity index is 743. The number of nitrogen functional groups attached to an aromatic ring is 1. The van der Waals surface area contributed by atoms with Crippen molar-refractivity contribution in [3.63, 3.8) is 0 Å². The first-order valence-corrected chi connectivity index (χ1v) is 6.59. The second-order valence-corrected chi connectivity index (χ2v) is 4.54. The standard InChI is InChI=1S/C15H14N4O4/c16-13-11(2-1-7-17-13)15(23)19-10-5-3-9(4-6-10)14(22)18-8-12(20)21/h1-7H,8H2,(H2,16,17)(H,18,22)(H,19,23)(H,20,21). The number of carboxylic acid groups (broad SMARTS) is 1. The summed E-state index contributed by atoms with van der Waals surface area (Å²) in [7, 11) is 0. The summed E-state index contributed by atoms with van der Waals surface area (Å²) in [6.07, 6.45) is 1.48. The number of benzene rings is 1. The lowest BCUT2D eigenvalue weighted by Crippen LogP contribution is -2.29. The number of anilines is 2. The minimum Gasteiger partial charge on any atom is -0.480 e. The van der Waals surface area contributed by atoms with Gasteiger partial charge >= 0.3 is 5.97 Å². The number of hydrogen-bond acceptors (Lipinski definition) is 5. The van der Waals surface area contributed by atoms with E-state index >= 15 is 0 Å². The van der Waals surface area contributed by atoms with Gasteiger partial charge in [0.25, 0.3) is 11.8 Å². The van der Waals surface area contributed by atoms with Gasteiger partial charge in [-0.15, -0.1) is 0 Å². The fourth-order valence-electron chi connectivity index (χ4n) is 1.77. The maximum absolute atomic E-state index is 12.1. The van der Waals surface area contributed by atoms with E-state index in [0.717, 1.165) is 0 Å². The van der Waals surface area contributed by atoms with Crippen LogP contribution < -0.4 is 16.4 Å². The predicted octanol–water partition coefficient (Wildman–Crippen LogP) is 0.730. The van der Waals surface area contributed by atoms with Crippen LogP contribution in [0.4, 0.5) is 11.5 Å². The molecule has 8 heteroatoms. The number of nitrogens with two attached hydrogens (primary N) is 1. The SMILES string of the molecule is Nc1ncccc1C(=O)Nc1ccc(C(=O)NCC(=O)O)cc1. The molecule has 1 heterocycles. The normalized spacial score (nSPS) is 9.91. The first-order chi connectivity index (χ1) is 11.0. The number of pyridine rings is 1. The second kappa shape index (κ2) is 7.03. The van der Waals surface area contributed by atoms with E-state index in [1.54, 1.807) is 12.1 Å². The number of carboxylic acids is 1. The summed E-state index contributed by atoms with van der Waals surface area (Å²) >= 11 is 0. The Balaban J connectivity index is 2.03. The zero-order valence-electron chi connectivity index (χ0n) is 11.9. The minimum atomic E-state index is -1.13. The third-order valence-corrected chi connectivity index (χ3v) is 2.89. The molecule has 23 heavy (non-hydrogen) atoms. The molecule has 8 nitrogen and oxygen atoms in total. The average molecular weight is 314 g/mol. The van der Waals surface area contributed by atoms with Crippen LogP contribution in [0.2, 0.25) is 0 Å². The van der Waals surface area contributed by atoms with Crippen LogP contribution in [-0.4, -0.2) is 34.4 Å². The summed E-state index contributed by atoms with van der Waals surface area (Å²) in [5.41, 5.74) is 6.62. The highest BCUT2D eigenvalue weighted by Gasteiger charge is 2.11. The molecule has 0 fully saturated rings. The van der Waals surface area contributed by atoms with E-state index in [1.807, 2.05) is 0 Å². The molecule has 0 unspecified atom stereocenters. The second-order valence-electron chi connectivity index (χ2n) is 4.54. The molecule has 2 aromatic rings. The fourth-order valence-corrected chi connectivity index (χ4v) is 1.77. The van der Waals surface area contributed by atoms with Crippen molar-refractivity contribution in [1.82, 2.24) is 10.3 Å². The highest BCUT2D eigenvalue weighted by molar-refractivity contribution is 6.07. The van der Waals surface area contributed by atoms with Gasteiger partial charge in [0.1, 0.15) is 12.4 Å². The molecular formula is C15H14N4O4. The third kappa shape index (κ3) is 4.27. The number of aliphatic carboxylic acids is 1. The Kier molecular flexibility index (Phi) is 4.88. The van der Waals surface area contributed by atoms with E-state index in [1.165, 1.54) is 30.5 Å². The minimum absolute atomic E-state index is 0.120. The van der Waals surface area contributed by atoms with Gasteiger partial charge in [0.05, 0.1) is 5.56 Å². The summed E-state index contributed by atoms with van der Waals surface area (Å²) in [5.74, 6) is -1.94. The van der Waals surface area contributed by atoms with Gasteiger partial charge in [-0.2, -0.15) is 0 Å². The Morgan fingerprint density at radius 3 is 2.39 bits per heavy atom. The molecular weight excluding hydrogens is 300 g/mol. The molecule has 2 amide bonds.